The van der Waals surface area contributed by atoms with Crippen molar-refractivity contribution in [2.24, 2.45) is 5.41 Å². The van der Waals surface area contributed by atoms with E-state index in [1.165, 1.54) is 0 Å². The van der Waals surface area contributed by atoms with Crippen LogP contribution in [0.15, 0.2) is 12.1 Å². The van der Waals surface area contributed by atoms with Gasteiger partial charge in [0.25, 0.3) is 11.8 Å². The number of hydrogen-bond acceptors (Lipinski definition) is 5. The molecule has 0 atom stereocenters. The third-order valence-electron chi connectivity index (χ3n) is 4.77. The number of carbonyl (C=O) groups is 2. The van der Waals surface area contributed by atoms with E-state index in [-0.39, 0.29) is 35.5 Å². The summed E-state index contributed by atoms with van der Waals surface area (Å²) in [7, 11) is 0. The van der Waals surface area contributed by atoms with E-state index in [0.717, 1.165) is 30.5 Å². The van der Waals surface area contributed by atoms with Crippen molar-refractivity contribution in [1.29, 1.82) is 0 Å². The van der Waals surface area contributed by atoms with Crippen molar-refractivity contribution in [3.63, 3.8) is 0 Å². The molecule has 2 aromatic rings. The highest BCUT2D eigenvalue weighted by atomic mass is 35.5. The number of nitrogens with one attached hydrogen (secondary N) is 3. The molecule has 0 unspecified atom stereocenters. The van der Waals surface area contributed by atoms with Crippen LogP contribution in [0.3, 0.4) is 0 Å². The third-order valence-corrected chi connectivity index (χ3v) is 4.77. The monoisotopic (exact) mass is 392 g/mol. The lowest BCUT2D eigenvalue weighted by Gasteiger charge is -2.16. The molecule has 1 fully saturated rings. The molecule has 2 amide bonds. The van der Waals surface area contributed by atoms with Crippen molar-refractivity contribution in [3.8, 4) is 0 Å². The van der Waals surface area contributed by atoms with Gasteiger partial charge < -0.3 is 10.6 Å². The molecule has 1 aliphatic rings. The highest BCUT2D eigenvalue weighted by Gasteiger charge is 2.42. The minimum Gasteiger partial charge on any atom is -0.350 e. The summed E-state index contributed by atoms with van der Waals surface area (Å²) < 4.78 is 0. The molecule has 0 saturated heterocycles. The first kappa shape index (κ1) is 20.8. The highest BCUT2D eigenvalue weighted by molar-refractivity contribution is 5.93. The maximum atomic E-state index is 12.4. The topological polar surface area (TPSA) is 113 Å². The number of amides is 2. The summed E-state index contributed by atoms with van der Waals surface area (Å²) in [6.45, 7) is 6.63. The van der Waals surface area contributed by atoms with E-state index >= 15 is 0 Å². The lowest BCUT2D eigenvalue weighted by Crippen LogP contribution is -2.34. The molecule has 1 saturated carbocycles. The summed E-state index contributed by atoms with van der Waals surface area (Å²) in [5.41, 5.74) is 2.24. The summed E-state index contributed by atoms with van der Waals surface area (Å²) in [5, 5.41) is 12.3. The summed E-state index contributed by atoms with van der Waals surface area (Å²) in [6.07, 6.45) is 2.90. The van der Waals surface area contributed by atoms with Gasteiger partial charge in [0.2, 0.25) is 5.82 Å². The predicted octanol–water partition coefficient (Wildman–Crippen LogP) is 1.88. The fraction of sp³-hybridized carbons (Fsp3) is 0.500. The second kappa shape index (κ2) is 8.47. The van der Waals surface area contributed by atoms with E-state index in [4.69, 9.17) is 0 Å². The first-order valence-electron chi connectivity index (χ1n) is 8.78. The van der Waals surface area contributed by atoms with Gasteiger partial charge in [-0.25, -0.2) is 9.97 Å². The molecule has 3 N–H and O–H groups in total. The standard InChI is InChI=1S/C18H24N6O2.ClH/c1-11-4-5-12(2)21-14(11)16(25)20-10-18(6-7-18)8-9-19-17(26)15-22-13(3)23-24-15;/h4-5H,6-10H2,1-3H3,(H,19,26)(H,20,25)(H,22,23,24);1H. The Kier molecular flexibility index (Phi) is 6.54. The molecule has 27 heavy (non-hydrogen) atoms. The van der Waals surface area contributed by atoms with Gasteiger partial charge in [0.05, 0.1) is 0 Å². The zero-order chi connectivity index (χ0) is 18.7. The number of hydrogen-bond donors (Lipinski definition) is 3. The van der Waals surface area contributed by atoms with Gasteiger partial charge in [-0.05, 0) is 57.1 Å². The highest BCUT2D eigenvalue weighted by Crippen LogP contribution is 2.47. The Labute approximate surface area is 164 Å². The number of halogens is 1. The Morgan fingerprint density at radius 2 is 1.85 bits per heavy atom. The van der Waals surface area contributed by atoms with E-state index in [2.05, 4.69) is 30.8 Å². The van der Waals surface area contributed by atoms with Gasteiger partial charge in [0.1, 0.15) is 11.5 Å². The zero-order valence-electron chi connectivity index (χ0n) is 15.8. The number of nitrogens with zero attached hydrogens (tertiary/aromatic N) is 3. The number of pyridine rings is 1. The molecule has 0 bridgehead atoms. The summed E-state index contributed by atoms with van der Waals surface area (Å²) >= 11 is 0. The lowest BCUT2D eigenvalue weighted by atomic mass is 10.0. The van der Waals surface area contributed by atoms with Crippen molar-refractivity contribution in [2.75, 3.05) is 13.1 Å². The minimum atomic E-state index is -0.284. The smallest absolute Gasteiger partial charge is 0.290 e. The third kappa shape index (κ3) is 5.26. The number of aryl methyl sites for hydroxylation is 3. The molecular formula is C18H25ClN6O2. The quantitative estimate of drug-likeness (QED) is 0.665. The molecule has 146 valence electrons. The lowest BCUT2D eigenvalue weighted by molar-refractivity contribution is 0.0922. The molecular weight excluding hydrogens is 368 g/mol. The molecule has 0 radical (unpaired) electrons. The van der Waals surface area contributed by atoms with Gasteiger partial charge in [0, 0.05) is 18.8 Å². The second-order valence-electron chi connectivity index (χ2n) is 7.05. The summed E-state index contributed by atoms with van der Waals surface area (Å²) in [6, 6.07) is 3.80. The first-order chi connectivity index (χ1) is 12.4. The summed E-state index contributed by atoms with van der Waals surface area (Å²) in [5.74, 6) is 0.338. The van der Waals surface area contributed by atoms with Crippen molar-refractivity contribution in [2.45, 2.75) is 40.0 Å². The van der Waals surface area contributed by atoms with E-state index < -0.39 is 0 Å². The van der Waals surface area contributed by atoms with Crippen LogP contribution >= 0.6 is 12.4 Å². The zero-order valence-corrected chi connectivity index (χ0v) is 16.6. The molecule has 0 aliphatic heterocycles. The SMILES string of the molecule is Cc1ccc(C)c(C(=O)NCC2(CCNC(=O)c3n[nH]c(C)n3)CC2)n1.Cl. The number of rotatable bonds is 7. The van der Waals surface area contributed by atoms with E-state index in [1.54, 1.807) is 6.92 Å². The largest absolute Gasteiger partial charge is 0.350 e. The number of H-pyrrole nitrogens is 1. The van der Waals surface area contributed by atoms with E-state index in [0.29, 0.717) is 24.6 Å². The van der Waals surface area contributed by atoms with Gasteiger partial charge >= 0.3 is 0 Å². The van der Waals surface area contributed by atoms with Crippen LogP contribution in [0.2, 0.25) is 0 Å². The molecule has 1 aliphatic carbocycles. The van der Waals surface area contributed by atoms with Crippen LogP contribution in [0.25, 0.3) is 0 Å². The first-order valence-corrected chi connectivity index (χ1v) is 8.78. The maximum Gasteiger partial charge on any atom is 0.290 e. The van der Waals surface area contributed by atoms with Gasteiger partial charge in [-0.15, -0.1) is 17.5 Å². The molecule has 0 spiro atoms. The fourth-order valence-electron chi connectivity index (χ4n) is 2.86. The number of aromatic amines is 1. The number of carbonyl (C=O) groups excluding carboxylic acids is 2. The summed E-state index contributed by atoms with van der Waals surface area (Å²) in [4.78, 5) is 32.7. The maximum absolute atomic E-state index is 12.4. The normalized spacial score (nSPS) is 14.2. The fourth-order valence-corrected chi connectivity index (χ4v) is 2.86. The van der Waals surface area contributed by atoms with Crippen molar-refractivity contribution < 1.29 is 9.59 Å². The van der Waals surface area contributed by atoms with Crippen LogP contribution in [0.1, 0.15) is 57.5 Å². The molecule has 0 aromatic carbocycles. The van der Waals surface area contributed by atoms with Crippen LogP contribution in [0.5, 0.6) is 0 Å². The van der Waals surface area contributed by atoms with Crippen LogP contribution in [-0.4, -0.2) is 45.1 Å². The van der Waals surface area contributed by atoms with Gasteiger partial charge in [0.15, 0.2) is 0 Å². The van der Waals surface area contributed by atoms with Crippen LogP contribution in [0, 0.1) is 26.2 Å². The van der Waals surface area contributed by atoms with E-state index in [9.17, 15) is 9.59 Å². The van der Waals surface area contributed by atoms with Crippen molar-refractivity contribution in [3.05, 3.63) is 40.7 Å². The number of aromatic nitrogens is 4. The van der Waals surface area contributed by atoms with Crippen LogP contribution in [0.4, 0.5) is 0 Å². The molecule has 8 nitrogen and oxygen atoms in total. The van der Waals surface area contributed by atoms with E-state index in [1.807, 2.05) is 26.0 Å². The average molecular weight is 393 g/mol. The van der Waals surface area contributed by atoms with Crippen LogP contribution in [-0.2, 0) is 0 Å². The van der Waals surface area contributed by atoms with Crippen molar-refractivity contribution >= 4 is 24.2 Å². The molecule has 2 aromatic heterocycles. The molecule has 2 heterocycles. The Balaban J connectivity index is 0.00000261. The Bertz CT molecular complexity index is 831. The minimum absolute atomic E-state index is 0. The van der Waals surface area contributed by atoms with Gasteiger partial charge in [-0.1, -0.05) is 6.07 Å². The Morgan fingerprint density at radius 1 is 1.11 bits per heavy atom. The van der Waals surface area contributed by atoms with Crippen LogP contribution < -0.4 is 10.6 Å². The molecule has 3 rings (SSSR count). The Morgan fingerprint density at radius 3 is 2.48 bits per heavy atom. The van der Waals surface area contributed by atoms with Crippen molar-refractivity contribution in [1.82, 2.24) is 30.8 Å². The molecule has 9 heteroatoms. The average Bonchev–Trinajstić information content (AvgIpc) is 3.25. The second-order valence-corrected chi connectivity index (χ2v) is 7.05. The predicted molar refractivity (Wildman–Crippen MR) is 103 cm³/mol. The Hall–Kier alpha value is -2.48. The van der Waals surface area contributed by atoms with Gasteiger partial charge in [-0.3, -0.25) is 14.7 Å². The van der Waals surface area contributed by atoms with Gasteiger partial charge in [-0.2, -0.15) is 0 Å².